The zero-order valence-corrected chi connectivity index (χ0v) is 16.5. The number of aromatic nitrogens is 1. The second kappa shape index (κ2) is 8.74. The van der Waals surface area contributed by atoms with Gasteiger partial charge in [0.1, 0.15) is 11.6 Å². The number of nitrogens with zero attached hydrogens (tertiary/aromatic N) is 1. The van der Waals surface area contributed by atoms with Crippen molar-refractivity contribution in [2.75, 3.05) is 13.7 Å². The lowest BCUT2D eigenvalue weighted by Gasteiger charge is -2.13. The highest BCUT2D eigenvalue weighted by Gasteiger charge is 2.19. The van der Waals surface area contributed by atoms with Gasteiger partial charge >= 0.3 is 0 Å². The number of benzene rings is 2. The molecular weight excluding hydrogens is 355 g/mol. The molecular formula is C23H25FN2O2. The molecule has 1 heterocycles. The largest absolute Gasteiger partial charge is 0.497 e. The number of carbonyl (C=O) groups is 1. The Kier molecular flexibility index (Phi) is 6.14. The van der Waals surface area contributed by atoms with Crippen LogP contribution in [-0.2, 0) is 0 Å². The van der Waals surface area contributed by atoms with Gasteiger partial charge in [-0.15, -0.1) is 0 Å². The van der Waals surface area contributed by atoms with Crippen LogP contribution in [0.4, 0.5) is 4.39 Å². The molecule has 0 atom stereocenters. The number of carbonyl (C=O) groups excluding carboxylic acids is 1. The summed E-state index contributed by atoms with van der Waals surface area (Å²) < 4.78 is 20.8. The Morgan fingerprint density at radius 3 is 2.57 bits per heavy atom. The Hall–Kier alpha value is -3.08. The predicted molar refractivity (Wildman–Crippen MR) is 110 cm³/mol. The van der Waals surface area contributed by atoms with Crippen LogP contribution in [0.5, 0.6) is 5.75 Å². The number of unbranched alkanes of at least 4 members (excludes halogenated alkanes) is 1. The molecule has 0 saturated heterocycles. The molecule has 28 heavy (non-hydrogen) atoms. The summed E-state index contributed by atoms with van der Waals surface area (Å²) in [5.74, 6) is 0.334. The molecule has 4 nitrogen and oxygen atoms in total. The average molecular weight is 380 g/mol. The van der Waals surface area contributed by atoms with Crippen LogP contribution in [0, 0.1) is 12.7 Å². The van der Waals surface area contributed by atoms with Gasteiger partial charge in [-0.25, -0.2) is 4.39 Å². The number of methoxy groups -OCH3 is 1. The average Bonchev–Trinajstić information content (AvgIpc) is 3.06. The van der Waals surface area contributed by atoms with Crippen LogP contribution in [0.15, 0.2) is 54.6 Å². The lowest BCUT2D eigenvalue weighted by Crippen LogP contribution is -2.24. The molecule has 0 bridgehead atoms. The molecule has 0 fully saturated rings. The predicted octanol–water partition coefficient (Wildman–Crippen LogP) is 5.13. The molecule has 0 aliphatic rings. The smallest absolute Gasteiger partial charge is 0.253 e. The van der Waals surface area contributed by atoms with Gasteiger partial charge in [0.25, 0.3) is 5.91 Å². The standard InChI is InChI=1S/C23H25FN2O2/c1-4-5-13-25-23(27)21-15-22(17-7-6-8-20(14-17)28-3)26(16(21)2)19-11-9-18(24)10-12-19/h6-12,14-15H,4-5,13H2,1-3H3,(H,25,27). The van der Waals surface area contributed by atoms with E-state index >= 15 is 0 Å². The van der Waals surface area contributed by atoms with Gasteiger partial charge in [-0.3, -0.25) is 4.79 Å². The Labute approximate surface area is 165 Å². The van der Waals surface area contributed by atoms with Crippen LogP contribution < -0.4 is 10.1 Å². The molecule has 0 spiro atoms. The number of hydrogen-bond donors (Lipinski definition) is 1. The molecule has 3 rings (SSSR count). The molecule has 0 aliphatic carbocycles. The Bertz CT molecular complexity index is 961. The SMILES string of the molecule is CCCCNC(=O)c1cc(-c2cccc(OC)c2)n(-c2ccc(F)cc2)c1C. The molecule has 0 unspecified atom stereocenters. The van der Waals surface area contributed by atoms with Gasteiger partial charge in [0.05, 0.1) is 18.4 Å². The van der Waals surface area contributed by atoms with Gasteiger partial charge < -0.3 is 14.6 Å². The highest BCUT2D eigenvalue weighted by atomic mass is 19.1. The van der Waals surface area contributed by atoms with E-state index < -0.39 is 0 Å². The first-order valence-electron chi connectivity index (χ1n) is 9.46. The summed E-state index contributed by atoms with van der Waals surface area (Å²) in [5, 5.41) is 2.98. The van der Waals surface area contributed by atoms with Crippen molar-refractivity contribution in [1.82, 2.24) is 9.88 Å². The van der Waals surface area contributed by atoms with Crippen molar-refractivity contribution in [2.24, 2.45) is 0 Å². The van der Waals surface area contributed by atoms with Crippen molar-refractivity contribution in [3.63, 3.8) is 0 Å². The van der Waals surface area contributed by atoms with E-state index in [1.807, 2.05) is 41.8 Å². The van der Waals surface area contributed by atoms with Crippen molar-refractivity contribution in [1.29, 1.82) is 0 Å². The zero-order chi connectivity index (χ0) is 20.1. The molecule has 1 aromatic heterocycles. The van der Waals surface area contributed by atoms with Gasteiger partial charge in [-0.1, -0.05) is 25.5 Å². The van der Waals surface area contributed by atoms with Crippen LogP contribution in [0.2, 0.25) is 0 Å². The monoisotopic (exact) mass is 380 g/mol. The summed E-state index contributed by atoms with van der Waals surface area (Å²) in [6.07, 6.45) is 1.96. The van der Waals surface area contributed by atoms with E-state index in [0.29, 0.717) is 12.1 Å². The van der Waals surface area contributed by atoms with Crippen molar-refractivity contribution < 1.29 is 13.9 Å². The summed E-state index contributed by atoms with van der Waals surface area (Å²) in [4.78, 5) is 12.7. The van der Waals surface area contributed by atoms with E-state index in [2.05, 4.69) is 12.2 Å². The van der Waals surface area contributed by atoms with Gasteiger partial charge in [0.2, 0.25) is 0 Å². The molecule has 0 saturated carbocycles. The quantitative estimate of drug-likeness (QED) is 0.578. The van der Waals surface area contributed by atoms with Crippen molar-refractivity contribution in [3.8, 4) is 22.7 Å². The van der Waals surface area contributed by atoms with E-state index in [4.69, 9.17) is 4.74 Å². The van der Waals surface area contributed by atoms with E-state index in [1.165, 1.54) is 12.1 Å². The number of ether oxygens (including phenoxy) is 1. The van der Waals surface area contributed by atoms with E-state index in [9.17, 15) is 9.18 Å². The van der Waals surface area contributed by atoms with Crippen molar-refractivity contribution in [3.05, 3.63) is 71.7 Å². The fourth-order valence-corrected chi connectivity index (χ4v) is 3.23. The first-order chi connectivity index (χ1) is 13.5. The molecule has 3 aromatic rings. The number of halogens is 1. The normalized spacial score (nSPS) is 10.7. The minimum atomic E-state index is -0.297. The minimum Gasteiger partial charge on any atom is -0.497 e. The lowest BCUT2D eigenvalue weighted by atomic mass is 10.1. The molecule has 0 radical (unpaired) electrons. The summed E-state index contributed by atoms with van der Waals surface area (Å²) in [6.45, 7) is 4.63. The zero-order valence-electron chi connectivity index (χ0n) is 16.5. The summed E-state index contributed by atoms with van der Waals surface area (Å²) >= 11 is 0. The number of hydrogen-bond acceptors (Lipinski definition) is 2. The topological polar surface area (TPSA) is 43.3 Å². The van der Waals surface area contributed by atoms with Gasteiger partial charge in [-0.2, -0.15) is 0 Å². The summed E-state index contributed by atoms with van der Waals surface area (Å²) in [7, 11) is 1.62. The maximum Gasteiger partial charge on any atom is 0.253 e. The first-order valence-corrected chi connectivity index (χ1v) is 9.46. The lowest BCUT2D eigenvalue weighted by molar-refractivity contribution is 0.0952. The van der Waals surface area contributed by atoms with Gasteiger partial charge in [-0.05, 0) is 55.8 Å². The molecule has 146 valence electrons. The third-order valence-corrected chi connectivity index (χ3v) is 4.76. The molecule has 2 aromatic carbocycles. The first kappa shape index (κ1) is 19.7. The maximum atomic E-state index is 13.4. The number of amides is 1. The Morgan fingerprint density at radius 2 is 1.89 bits per heavy atom. The third kappa shape index (κ3) is 4.09. The van der Waals surface area contributed by atoms with Crippen LogP contribution in [0.3, 0.4) is 0 Å². The van der Waals surface area contributed by atoms with E-state index in [1.54, 1.807) is 19.2 Å². The highest BCUT2D eigenvalue weighted by Crippen LogP contribution is 2.31. The molecule has 0 aliphatic heterocycles. The van der Waals surface area contributed by atoms with Crippen LogP contribution in [0.1, 0.15) is 35.8 Å². The number of nitrogens with one attached hydrogen (secondary N) is 1. The molecule has 1 amide bonds. The van der Waals surface area contributed by atoms with E-state index in [0.717, 1.165) is 41.2 Å². The van der Waals surface area contributed by atoms with Crippen LogP contribution in [-0.4, -0.2) is 24.1 Å². The maximum absolute atomic E-state index is 13.4. The minimum absolute atomic E-state index is 0.101. The van der Waals surface area contributed by atoms with Crippen molar-refractivity contribution in [2.45, 2.75) is 26.7 Å². The highest BCUT2D eigenvalue weighted by molar-refractivity contribution is 5.97. The molecule has 1 N–H and O–H groups in total. The second-order valence-electron chi connectivity index (χ2n) is 6.68. The van der Waals surface area contributed by atoms with Gasteiger partial charge in [0, 0.05) is 23.5 Å². The fourth-order valence-electron chi connectivity index (χ4n) is 3.23. The fraction of sp³-hybridized carbons (Fsp3) is 0.261. The second-order valence-corrected chi connectivity index (χ2v) is 6.68. The Balaban J connectivity index is 2.11. The summed E-state index contributed by atoms with van der Waals surface area (Å²) in [5.41, 5.74) is 3.98. The molecule has 5 heteroatoms. The van der Waals surface area contributed by atoms with Crippen LogP contribution >= 0.6 is 0 Å². The third-order valence-electron chi connectivity index (χ3n) is 4.76. The Morgan fingerprint density at radius 1 is 1.14 bits per heavy atom. The van der Waals surface area contributed by atoms with E-state index in [-0.39, 0.29) is 11.7 Å². The van der Waals surface area contributed by atoms with Gasteiger partial charge in [0.15, 0.2) is 0 Å². The number of rotatable bonds is 7. The van der Waals surface area contributed by atoms with Crippen molar-refractivity contribution >= 4 is 5.91 Å². The van der Waals surface area contributed by atoms with Crippen LogP contribution in [0.25, 0.3) is 16.9 Å². The summed E-state index contributed by atoms with van der Waals surface area (Å²) in [6, 6.07) is 15.8.